The zero-order chi connectivity index (χ0) is 37.6. The largest absolute Gasteiger partial charge is 0.494 e. The molecule has 4 aromatic rings. The molecule has 0 saturated heterocycles. The Morgan fingerprint density at radius 2 is 1.40 bits per heavy atom. The van der Waals surface area contributed by atoms with Crippen molar-refractivity contribution >= 4 is 33.4 Å². The third-order valence-corrected chi connectivity index (χ3v) is 10.1. The summed E-state index contributed by atoms with van der Waals surface area (Å²) in [5, 5.41) is 0. The minimum Gasteiger partial charge on any atom is -0.494 e. The average molecular weight is 730 g/mol. The highest BCUT2D eigenvalue weighted by Gasteiger charge is 2.26. The summed E-state index contributed by atoms with van der Waals surface area (Å²) in [6, 6.07) is 21.6. The van der Waals surface area contributed by atoms with Gasteiger partial charge in [-0.15, -0.1) is 0 Å². The number of hydrogen-bond donors (Lipinski definition) is 0. The van der Waals surface area contributed by atoms with Gasteiger partial charge in [-0.1, -0.05) is 18.2 Å². The average Bonchev–Trinajstić information content (AvgIpc) is 3.56. The van der Waals surface area contributed by atoms with Gasteiger partial charge in [0.05, 0.1) is 50.0 Å². The Kier molecular flexibility index (Phi) is 12.0. The molecule has 1 heterocycles. The Morgan fingerprint density at radius 1 is 0.769 bits per heavy atom. The number of benzene rings is 4. The molecule has 0 bridgehead atoms. The van der Waals surface area contributed by atoms with Crippen LogP contribution in [0.4, 0.5) is 5.69 Å². The normalized spacial score (nSPS) is 12.9. The van der Waals surface area contributed by atoms with E-state index in [9.17, 15) is 22.8 Å². The van der Waals surface area contributed by atoms with Crippen molar-refractivity contribution in [2.75, 3.05) is 44.7 Å². The first kappa shape index (κ1) is 38.0. The number of Topliss-reactive ketones (excluding diaryl/α,β-unsaturated/α-hetero) is 1. The maximum atomic E-state index is 12.4. The molecule has 5 rings (SSSR count). The number of methoxy groups -OCH3 is 2. The monoisotopic (exact) mass is 729 g/mol. The van der Waals surface area contributed by atoms with Crippen molar-refractivity contribution in [2.24, 2.45) is 0 Å². The van der Waals surface area contributed by atoms with Crippen LogP contribution in [-0.4, -0.2) is 66.6 Å². The van der Waals surface area contributed by atoms with Gasteiger partial charge in [-0.25, -0.2) is 18.0 Å². The van der Waals surface area contributed by atoms with E-state index in [2.05, 4.69) is 0 Å². The molecule has 1 atom stereocenters. The fourth-order valence-electron chi connectivity index (χ4n) is 6.22. The molecule has 0 fully saturated rings. The third kappa shape index (κ3) is 8.99. The number of ether oxygens (including phenoxy) is 5. The van der Waals surface area contributed by atoms with Gasteiger partial charge in [0.25, 0.3) is 0 Å². The molecule has 4 aromatic carbocycles. The lowest BCUT2D eigenvalue weighted by Gasteiger charge is -2.19. The number of carbonyl (C=O) groups is 3. The molecule has 52 heavy (non-hydrogen) atoms. The molecule has 0 aromatic heterocycles. The van der Waals surface area contributed by atoms with E-state index in [0.29, 0.717) is 60.7 Å². The standard InChI is InChI=1S/C40H43NO10S/c1-7-49-37-13-11-31(22-33(37)17-28-18-34(39(43)47-4)23-35(19-28)40(44)48-5)26(3)50-24-51-38-12-10-30(25(2)42)21-32(38)16-27-8-9-29-14-15-41(36(29)20-27)52(6,45)46/h8-13,18-23,26H,7,14-17,24H2,1-6H3. The Hall–Kier alpha value is -5.20. The zero-order valence-electron chi connectivity index (χ0n) is 30.2. The van der Waals surface area contributed by atoms with Crippen LogP contribution in [0.1, 0.15) is 91.3 Å². The molecule has 1 aliphatic rings. The Bertz CT molecular complexity index is 2060. The SMILES string of the molecule is CCOc1ccc(C(C)OCOc2ccc(C(C)=O)cc2Cc2ccc3c(c2)N(S(C)(=O)=O)CC3)cc1Cc1cc(C(=O)OC)cc(C(=O)OC)c1. The van der Waals surface area contributed by atoms with Crippen LogP contribution in [0, 0.1) is 0 Å². The molecular formula is C40H43NO10S. The van der Waals surface area contributed by atoms with E-state index in [4.69, 9.17) is 23.7 Å². The Labute approximate surface area is 304 Å². The van der Waals surface area contributed by atoms with Gasteiger partial charge in [0.2, 0.25) is 10.0 Å². The predicted molar refractivity (Wildman–Crippen MR) is 196 cm³/mol. The third-order valence-electron chi connectivity index (χ3n) is 8.88. The summed E-state index contributed by atoms with van der Waals surface area (Å²) >= 11 is 0. The van der Waals surface area contributed by atoms with Gasteiger partial charge in [0.15, 0.2) is 12.6 Å². The Balaban J connectivity index is 1.34. The molecule has 1 unspecified atom stereocenters. The van der Waals surface area contributed by atoms with Crippen molar-refractivity contribution in [3.05, 3.63) is 123 Å². The fraction of sp³-hybridized carbons (Fsp3) is 0.325. The summed E-state index contributed by atoms with van der Waals surface area (Å²) in [6.45, 7) is 6.05. The zero-order valence-corrected chi connectivity index (χ0v) is 31.0. The number of anilines is 1. The number of carbonyl (C=O) groups excluding carboxylic acids is 3. The van der Waals surface area contributed by atoms with Crippen molar-refractivity contribution < 1.29 is 46.5 Å². The molecule has 0 saturated carbocycles. The van der Waals surface area contributed by atoms with E-state index >= 15 is 0 Å². The second kappa shape index (κ2) is 16.4. The van der Waals surface area contributed by atoms with Gasteiger partial charge in [-0.2, -0.15) is 0 Å². The van der Waals surface area contributed by atoms with Gasteiger partial charge in [-0.3, -0.25) is 9.10 Å². The number of esters is 2. The quantitative estimate of drug-likeness (QED) is 0.0761. The first-order chi connectivity index (χ1) is 24.8. The van der Waals surface area contributed by atoms with Crippen LogP contribution < -0.4 is 13.8 Å². The van der Waals surface area contributed by atoms with Crippen molar-refractivity contribution in [3.63, 3.8) is 0 Å². The molecule has 0 N–H and O–H groups in total. The first-order valence-electron chi connectivity index (χ1n) is 16.8. The highest BCUT2D eigenvalue weighted by atomic mass is 32.2. The molecule has 274 valence electrons. The first-order valence-corrected chi connectivity index (χ1v) is 18.7. The summed E-state index contributed by atoms with van der Waals surface area (Å²) in [5.74, 6) is -0.0357. The highest BCUT2D eigenvalue weighted by Crippen LogP contribution is 2.33. The molecule has 0 aliphatic carbocycles. The summed E-state index contributed by atoms with van der Waals surface area (Å²) in [7, 11) is -0.847. The van der Waals surface area contributed by atoms with Crippen LogP contribution in [0.3, 0.4) is 0 Å². The van der Waals surface area contributed by atoms with Gasteiger partial charge >= 0.3 is 11.9 Å². The van der Waals surface area contributed by atoms with Crippen molar-refractivity contribution in [3.8, 4) is 11.5 Å². The lowest BCUT2D eigenvalue weighted by molar-refractivity contribution is -0.0298. The fourth-order valence-corrected chi connectivity index (χ4v) is 7.17. The molecule has 12 heteroatoms. The van der Waals surface area contributed by atoms with E-state index in [0.717, 1.165) is 27.8 Å². The number of fused-ring (bicyclic) bond motifs is 1. The van der Waals surface area contributed by atoms with Crippen molar-refractivity contribution in [2.45, 2.75) is 46.1 Å². The summed E-state index contributed by atoms with van der Waals surface area (Å²) in [5.41, 5.74) is 6.64. The highest BCUT2D eigenvalue weighted by molar-refractivity contribution is 7.92. The van der Waals surface area contributed by atoms with E-state index < -0.39 is 28.1 Å². The van der Waals surface area contributed by atoms with Gasteiger partial charge in [0, 0.05) is 24.9 Å². The second-order valence-electron chi connectivity index (χ2n) is 12.6. The number of hydrogen-bond acceptors (Lipinski definition) is 10. The minimum absolute atomic E-state index is 0.0836. The Morgan fingerprint density at radius 3 is 2.04 bits per heavy atom. The molecule has 11 nitrogen and oxygen atoms in total. The minimum atomic E-state index is -3.40. The molecule has 0 radical (unpaired) electrons. The van der Waals surface area contributed by atoms with E-state index in [-0.39, 0.29) is 23.7 Å². The molecule has 0 amide bonds. The van der Waals surface area contributed by atoms with E-state index in [1.54, 1.807) is 30.3 Å². The smallest absolute Gasteiger partial charge is 0.337 e. The lowest BCUT2D eigenvalue weighted by atomic mass is 9.97. The van der Waals surface area contributed by atoms with Gasteiger partial charge < -0.3 is 23.7 Å². The van der Waals surface area contributed by atoms with Crippen LogP contribution in [-0.2, 0) is 43.5 Å². The number of sulfonamides is 1. The number of nitrogens with zero attached hydrogens (tertiary/aromatic N) is 1. The van der Waals surface area contributed by atoms with Crippen molar-refractivity contribution in [1.29, 1.82) is 0 Å². The van der Waals surface area contributed by atoms with Crippen LogP contribution in [0.2, 0.25) is 0 Å². The van der Waals surface area contributed by atoms with E-state index in [1.807, 2.05) is 50.2 Å². The lowest BCUT2D eigenvalue weighted by Crippen LogP contribution is -2.27. The number of ketones is 1. The number of rotatable bonds is 15. The maximum Gasteiger partial charge on any atom is 0.337 e. The van der Waals surface area contributed by atoms with Crippen LogP contribution in [0.15, 0.2) is 72.8 Å². The molecule has 0 spiro atoms. The second-order valence-corrected chi connectivity index (χ2v) is 14.5. The van der Waals surface area contributed by atoms with Crippen LogP contribution in [0.25, 0.3) is 0 Å². The van der Waals surface area contributed by atoms with Crippen LogP contribution in [0.5, 0.6) is 11.5 Å². The maximum absolute atomic E-state index is 12.4. The van der Waals surface area contributed by atoms with Crippen molar-refractivity contribution in [1.82, 2.24) is 0 Å². The topological polar surface area (TPSA) is 135 Å². The van der Waals surface area contributed by atoms with E-state index in [1.165, 1.54) is 37.8 Å². The van der Waals surface area contributed by atoms with Gasteiger partial charge in [0.1, 0.15) is 11.5 Å². The van der Waals surface area contributed by atoms with Gasteiger partial charge in [-0.05, 0) is 115 Å². The molecule has 1 aliphatic heterocycles. The summed E-state index contributed by atoms with van der Waals surface area (Å²) in [4.78, 5) is 37.0. The summed E-state index contributed by atoms with van der Waals surface area (Å²) in [6.07, 6.45) is 2.21. The predicted octanol–water partition coefficient (Wildman–Crippen LogP) is 6.48. The molecular weight excluding hydrogens is 687 g/mol. The van der Waals surface area contributed by atoms with Crippen LogP contribution >= 0.6 is 0 Å². The summed E-state index contributed by atoms with van der Waals surface area (Å²) < 4.78 is 54.1.